The molecule has 0 saturated carbocycles. The summed E-state index contributed by atoms with van der Waals surface area (Å²) in [7, 11) is 0. The van der Waals surface area contributed by atoms with Crippen LogP contribution in [0.1, 0.15) is 66.7 Å². The molecule has 1 saturated heterocycles. The number of fused-ring (bicyclic) bond motifs is 1. The van der Waals surface area contributed by atoms with Gasteiger partial charge in [0.25, 0.3) is 5.91 Å². The summed E-state index contributed by atoms with van der Waals surface area (Å²) in [5.74, 6) is -0.344. The molecule has 36 heavy (non-hydrogen) atoms. The minimum Gasteiger partial charge on any atom is -0.462 e. The van der Waals surface area contributed by atoms with Gasteiger partial charge < -0.3 is 25.3 Å². The number of ether oxygens (including phenoxy) is 1. The quantitative estimate of drug-likeness (QED) is 0.265. The van der Waals surface area contributed by atoms with Gasteiger partial charge in [-0.3, -0.25) is 4.79 Å². The number of benzene rings is 1. The Labute approximate surface area is 220 Å². The van der Waals surface area contributed by atoms with Gasteiger partial charge in [-0.25, -0.2) is 14.8 Å². The van der Waals surface area contributed by atoms with Crippen LogP contribution in [-0.2, 0) is 11.2 Å². The van der Waals surface area contributed by atoms with Gasteiger partial charge in [-0.05, 0) is 44.9 Å². The molecule has 3 aromatic rings. The molecular formula is C25H33ClN6O3S. The van der Waals surface area contributed by atoms with Crippen LogP contribution in [0.4, 0.5) is 5.13 Å². The van der Waals surface area contributed by atoms with Crippen LogP contribution in [0.2, 0.25) is 5.15 Å². The minimum atomic E-state index is -0.330. The number of hydrogen-bond donors (Lipinski definition) is 3. The number of rotatable bonds is 10. The average molecular weight is 533 g/mol. The second-order valence-corrected chi connectivity index (χ2v) is 10.1. The zero-order valence-corrected chi connectivity index (χ0v) is 22.5. The highest BCUT2D eigenvalue weighted by Gasteiger charge is 2.32. The van der Waals surface area contributed by atoms with Crippen LogP contribution in [0.15, 0.2) is 18.2 Å². The summed E-state index contributed by atoms with van der Waals surface area (Å²) in [6.07, 6.45) is 3.55. The van der Waals surface area contributed by atoms with E-state index in [0.29, 0.717) is 30.3 Å². The van der Waals surface area contributed by atoms with E-state index in [1.165, 1.54) is 11.3 Å². The molecule has 4 rings (SSSR count). The van der Waals surface area contributed by atoms with Gasteiger partial charge in [-0.2, -0.15) is 0 Å². The first-order valence-corrected chi connectivity index (χ1v) is 13.7. The number of H-pyrrole nitrogens is 1. The van der Waals surface area contributed by atoms with Crippen molar-refractivity contribution in [3.63, 3.8) is 0 Å². The fourth-order valence-corrected chi connectivity index (χ4v) is 5.74. The molecule has 0 radical (unpaired) electrons. The van der Waals surface area contributed by atoms with E-state index >= 15 is 0 Å². The van der Waals surface area contributed by atoms with Crippen LogP contribution in [0.3, 0.4) is 0 Å². The van der Waals surface area contributed by atoms with Gasteiger partial charge in [0.05, 0.1) is 28.1 Å². The third-order valence-electron chi connectivity index (χ3n) is 6.33. The van der Waals surface area contributed by atoms with Crippen molar-refractivity contribution < 1.29 is 14.3 Å². The number of carbonyl (C=O) groups is 2. The fourth-order valence-electron chi connectivity index (χ4n) is 4.38. The molecule has 1 amide bonds. The number of piperidine rings is 1. The molecule has 0 bridgehead atoms. The van der Waals surface area contributed by atoms with Gasteiger partial charge in [0.15, 0.2) is 16.1 Å². The molecule has 11 heteroatoms. The van der Waals surface area contributed by atoms with E-state index in [0.717, 1.165) is 53.4 Å². The zero-order chi connectivity index (χ0) is 25.7. The third-order valence-corrected chi connectivity index (χ3v) is 7.81. The fraction of sp³-hybridized carbons (Fsp3) is 0.520. The van der Waals surface area contributed by atoms with E-state index in [1.54, 1.807) is 13.0 Å². The number of aryl methyl sites for hydroxylation is 1. The number of unbranched alkanes of at least 4 members (excludes halogenated alkanes) is 1. The predicted octanol–water partition coefficient (Wildman–Crippen LogP) is 4.18. The van der Waals surface area contributed by atoms with E-state index in [-0.39, 0.29) is 29.8 Å². The minimum absolute atomic E-state index is 0.0295. The standard InChI is InChI=1S/C25H33ClN6O3S/c1-4-7-12-27-19-14-32(13-11-17(19)29-23(33)22-28-16(5-2)21(26)31-22)25-30-18-10-8-9-15(20(18)36-25)24(34)35-6-3/h8-10,17,19,27H,4-7,11-14H2,1-3H3,(H,28,31)(H,29,33). The van der Waals surface area contributed by atoms with Crippen molar-refractivity contribution >= 4 is 50.2 Å². The maximum Gasteiger partial charge on any atom is 0.339 e. The lowest BCUT2D eigenvalue weighted by Crippen LogP contribution is -2.59. The molecular weight excluding hydrogens is 500 g/mol. The van der Waals surface area contributed by atoms with Crippen molar-refractivity contribution in [3.8, 4) is 0 Å². The summed E-state index contributed by atoms with van der Waals surface area (Å²) in [6, 6.07) is 5.50. The lowest BCUT2D eigenvalue weighted by atomic mass is 9.99. The van der Waals surface area contributed by atoms with Gasteiger partial charge in [-0.15, -0.1) is 0 Å². The van der Waals surface area contributed by atoms with Crippen LogP contribution in [0.5, 0.6) is 0 Å². The number of nitrogens with one attached hydrogen (secondary N) is 3. The van der Waals surface area contributed by atoms with Crippen molar-refractivity contribution in [1.82, 2.24) is 25.6 Å². The maximum absolute atomic E-state index is 12.9. The second-order valence-electron chi connectivity index (χ2n) is 8.81. The number of imidazole rings is 1. The number of anilines is 1. The first kappa shape index (κ1) is 26.4. The molecule has 1 aromatic carbocycles. The average Bonchev–Trinajstić information content (AvgIpc) is 3.48. The summed E-state index contributed by atoms with van der Waals surface area (Å²) < 4.78 is 6.06. The molecule has 3 N–H and O–H groups in total. The van der Waals surface area contributed by atoms with Gasteiger partial charge in [0, 0.05) is 25.2 Å². The Morgan fingerprint density at radius 1 is 1.25 bits per heavy atom. The van der Waals surface area contributed by atoms with Gasteiger partial charge in [0.2, 0.25) is 0 Å². The molecule has 9 nitrogen and oxygen atoms in total. The van der Waals surface area contributed by atoms with Crippen molar-refractivity contribution in [2.24, 2.45) is 0 Å². The topological polar surface area (TPSA) is 112 Å². The Bertz CT molecular complexity index is 1210. The first-order valence-electron chi connectivity index (χ1n) is 12.5. The van der Waals surface area contributed by atoms with Crippen molar-refractivity contribution in [2.45, 2.75) is 58.5 Å². The first-order chi connectivity index (χ1) is 17.4. The predicted molar refractivity (Wildman–Crippen MR) is 143 cm³/mol. The highest BCUT2D eigenvalue weighted by molar-refractivity contribution is 7.22. The molecule has 1 aliphatic heterocycles. The van der Waals surface area contributed by atoms with E-state index in [1.807, 2.05) is 19.1 Å². The summed E-state index contributed by atoms with van der Waals surface area (Å²) in [4.78, 5) is 39.6. The number of thiazole rings is 1. The van der Waals surface area contributed by atoms with Crippen molar-refractivity contribution in [2.75, 3.05) is 31.1 Å². The van der Waals surface area contributed by atoms with Crippen molar-refractivity contribution in [1.29, 1.82) is 0 Å². The zero-order valence-electron chi connectivity index (χ0n) is 20.9. The van der Waals surface area contributed by atoms with Crippen molar-refractivity contribution in [3.05, 3.63) is 40.4 Å². The summed E-state index contributed by atoms with van der Waals surface area (Å²) >= 11 is 7.64. The molecule has 194 valence electrons. The number of nitrogens with zero attached hydrogens (tertiary/aromatic N) is 3. The Morgan fingerprint density at radius 3 is 2.81 bits per heavy atom. The molecule has 2 aromatic heterocycles. The number of esters is 1. The Balaban J connectivity index is 1.51. The van der Waals surface area contributed by atoms with Gasteiger partial charge >= 0.3 is 5.97 Å². The number of aromatic nitrogens is 3. The second kappa shape index (κ2) is 12.0. The monoisotopic (exact) mass is 532 g/mol. The molecule has 3 heterocycles. The normalized spacial score (nSPS) is 17.9. The maximum atomic E-state index is 12.9. The van der Waals surface area contributed by atoms with E-state index in [9.17, 15) is 9.59 Å². The van der Waals surface area contributed by atoms with Gasteiger partial charge in [0.1, 0.15) is 0 Å². The summed E-state index contributed by atoms with van der Waals surface area (Å²) in [6.45, 7) is 8.52. The SMILES string of the molecule is CCCCNC1CN(c2nc3cccc(C(=O)OCC)c3s2)CCC1NC(=O)c1nc(Cl)c(CC)[nH]1. The van der Waals surface area contributed by atoms with E-state index in [4.69, 9.17) is 21.3 Å². The number of aromatic amines is 1. The molecule has 0 aliphatic carbocycles. The Hall–Kier alpha value is -2.69. The summed E-state index contributed by atoms with van der Waals surface area (Å²) in [5, 5.41) is 7.98. The van der Waals surface area contributed by atoms with Gasteiger partial charge in [-0.1, -0.05) is 49.3 Å². The molecule has 2 atom stereocenters. The number of halogens is 1. The highest BCUT2D eigenvalue weighted by Crippen LogP contribution is 2.33. The van der Waals surface area contributed by atoms with Crippen LogP contribution >= 0.6 is 22.9 Å². The lowest BCUT2D eigenvalue weighted by Gasteiger charge is -2.39. The molecule has 2 unspecified atom stereocenters. The molecule has 0 spiro atoms. The van der Waals surface area contributed by atoms with Crippen LogP contribution in [-0.4, -0.2) is 65.2 Å². The van der Waals surface area contributed by atoms with Crippen LogP contribution in [0.25, 0.3) is 10.2 Å². The number of amides is 1. The summed E-state index contributed by atoms with van der Waals surface area (Å²) in [5.41, 5.74) is 2.08. The van der Waals surface area contributed by atoms with E-state index < -0.39 is 0 Å². The largest absolute Gasteiger partial charge is 0.462 e. The Morgan fingerprint density at radius 2 is 2.08 bits per heavy atom. The number of hydrogen-bond acceptors (Lipinski definition) is 8. The lowest BCUT2D eigenvalue weighted by molar-refractivity contribution is 0.0528. The third kappa shape index (κ3) is 5.82. The number of carbonyl (C=O) groups excluding carboxylic acids is 2. The Kier molecular flexibility index (Phi) is 8.81. The van der Waals surface area contributed by atoms with Crippen LogP contribution in [0, 0.1) is 0 Å². The smallest absolute Gasteiger partial charge is 0.339 e. The molecule has 1 fully saturated rings. The van der Waals surface area contributed by atoms with Crippen LogP contribution < -0.4 is 15.5 Å². The highest BCUT2D eigenvalue weighted by atomic mass is 35.5. The molecule has 1 aliphatic rings. The van der Waals surface area contributed by atoms with E-state index in [2.05, 4.69) is 32.4 Å².